The normalized spacial score (nSPS) is 9.64. The molecule has 0 N–H and O–H groups in total. The first-order chi connectivity index (χ1) is 5.24. The Morgan fingerprint density at radius 2 is 2.00 bits per heavy atom. The van der Waals surface area contributed by atoms with Gasteiger partial charge in [0.15, 0.2) is 0 Å². The Kier molecular flexibility index (Phi) is 2.48. The Labute approximate surface area is 68.6 Å². The monoisotopic (exact) mass is 145 g/mol. The molecule has 0 bridgehead atoms. The summed E-state index contributed by atoms with van der Waals surface area (Å²) < 4.78 is 0. The maximum absolute atomic E-state index is 5.32. The Bertz CT molecular complexity index is 259. The first-order valence-electron chi connectivity index (χ1n) is 3.83. The fourth-order valence-electron chi connectivity index (χ4n) is 1.07. The number of aryl methyl sites for hydroxylation is 2. The molecular weight excluding hydrogens is 132 g/mol. The van der Waals surface area contributed by atoms with Crippen molar-refractivity contribution in [1.29, 1.82) is 0 Å². The molecule has 0 fully saturated rings. The van der Waals surface area contributed by atoms with E-state index >= 15 is 0 Å². The van der Waals surface area contributed by atoms with E-state index in [0.717, 1.165) is 6.42 Å². The van der Waals surface area contributed by atoms with E-state index in [1.165, 1.54) is 16.7 Å². The van der Waals surface area contributed by atoms with Crippen molar-refractivity contribution in [3.8, 4) is 0 Å². The van der Waals surface area contributed by atoms with Crippen LogP contribution < -0.4 is 0 Å². The topological polar surface area (TPSA) is 0 Å². The molecular formula is C11H13. The predicted molar refractivity (Wildman–Crippen MR) is 48.5 cm³/mol. The van der Waals surface area contributed by atoms with Gasteiger partial charge in [0, 0.05) is 0 Å². The zero-order chi connectivity index (χ0) is 8.27. The molecule has 0 heterocycles. The molecule has 0 spiro atoms. The molecule has 11 heavy (non-hydrogen) atoms. The molecule has 0 atom stereocenters. The van der Waals surface area contributed by atoms with Crippen LogP contribution in [0.25, 0.3) is 0 Å². The highest BCUT2D eigenvalue weighted by atomic mass is 14.0. The lowest BCUT2D eigenvalue weighted by atomic mass is 10.0. The number of hydrogen-bond acceptors (Lipinski definition) is 0. The van der Waals surface area contributed by atoms with Gasteiger partial charge in [-0.25, -0.2) is 0 Å². The highest BCUT2D eigenvalue weighted by Crippen LogP contribution is 2.09. The summed E-state index contributed by atoms with van der Waals surface area (Å²) >= 11 is 0. The SMILES string of the molecule is [CH]=CCc1ccc(C)c(C)c1. The third-order valence-electron chi connectivity index (χ3n) is 1.92. The molecule has 0 aliphatic carbocycles. The molecule has 1 radical (unpaired) electrons. The molecule has 0 saturated carbocycles. The maximum atomic E-state index is 5.32. The highest BCUT2D eigenvalue weighted by molar-refractivity contribution is 5.30. The van der Waals surface area contributed by atoms with Crippen LogP contribution in [0.4, 0.5) is 0 Å². The summed E-state index contributed by atoms with van der Waals surface area (Å²) in [6.07, 6.45) is 2.55. The van der Waals surface area contributed by atoms with Crippen LogP contribution in [0.1, 0.15) is 16.7 Å². The minimum absolute atomic E-state index is 0.862. The Hall–Kier alpha value is -1.04. The minimum Gasteiger partial charge on any atom is -0.0801 e. The lowest BCUT2D eigenvalue weighted by molar-refractivity contribution is 1.22. The number of allylic oxidation sites excluding steroid dienone is 1. The van der Waals surface area contributed by atoms with Crippen LogP contribution in [0.2, 0.25) is 0 Å². The first-order valence-corrected chi connectivity index (χ1v) is 3.83. The van der Waals surface area contributed by atoms with Gasteiger partial charge in [-0.05, 0) is 37.0 Å². The Balaban J connectivity index is 2.95. The van der Waals surface area contributed by atoms with Crippen molar-refractivity contribution in [2.24, 2.45) is 0 Å². The van der Waals surface area contributed by atoms with Crippen LogP contribution in [0, 0.1) is 20.4 Å². The van der Waals surface area contributed by atoms with Gasteiger partial charge in [0.05, 0.1) is 0 Å². The van der Waals surface area contributed by atoms with Gasteiger partial charge in [0.1, 0.15) is 0 Å². The van der Waals surface area contributed by atoms with Crippen LogP contribution in [-0.2, 0) is 6.42 Å². The minimum atomic E-state index is 0.862. The smallest absolute Gasteiger partial charge is 0.00942 e. The van der Waals surface area contributed by atoms with Crippen molar-refractivity contribution in [3.63, 3.8) is 0 Å². The van der Waals surface area contributed by atoms with E-state index in [9.17, 15) is 0 Å². The number of benzene rings is 1. The third kappa shape index (κ3) is 1.94. The van der Waals surface area contributed by atoms with Gasteiger partial charge in [0.2, 0.25) is 0 Å². The molecule has 1 aromatic carbocycles. The molecule has 0 unspecified atom stereocenters. The van der Waals surface area contributed by atoms with Crippen LogP contribution in [0.3, 0.4) is 0 Å². The van der Waals surface area contributed by atoms with Crippen molar-refractivity contribution in [2.75, 3.05) is 0 Å². The van der Waals surface area contributed by atoms with Gasteiger partial charge >= 0.3 is 0 Å². The predicted octanol–water partition coefficient (Wildman–Crippen LogP) is 2.84. The molecule has 0 aromatic heterocycles. The zero-order valence-corrected chi connectivity index (χ0v) is 7.09. The van der Waals surface area contributed by atoms with Crippen LogP contribution in [-0.4, -0.2) is 0 Å². The maximum Gasteiger partial charge on any atom is -0.00942 e. The summed E-state index contributed by atoms with van der Waals surface area (Å²) in [6, 6.07) is 6.43. The van der Waals surface area contributed by atoms with E-state index < -0.39 is 0 Å². The van der Waals surface area contributed by atoms with Crippen LogP contribution >= 0.6 is 0 Å². The summed E-state index contributed by atoms with van der Waals surface area (Å²) in [4.78, 5) is 0. The van der Waals surface area contributed by atoms with Gasteiger partial charge in [0.25, 0.3) is 0 Å². The van der Waals surface area contributed by atoms with E-state index in [-0.39, 0.29) is 0 Å². The van der Waals surface area contributed by atoms with Gasteiger partial charge in [-0.15, -0.1) is 0 Å². The molecule has 0 aliphatic rings. The van der Waals surface area contributed by atoms with Crippen molar-refractivity contribution >= 4 is 0 Å². The lowest BCUT2D eigenvalue weighted by Gasteiger charge is -2.01. The van der Waals surface area contributed by atoms with Crippen molar-refractivity contribution in [2.45, 2.75) is 20.3 Å². The van der Waals surface area contributed by atoms with Gasteiger partial charge in [-0.1, -0.05) is 30.9 Å². The molecule has 0 nitrogen and oxygen atoms in total. The van der Waals surface area contributed by atoms with Gasteiger partial charge in [-0.3, -0.25) is 0 Å². The molecule has 1 aromatic rings. The van der Waals surface area contributed by atoms with Crippen LogP contribution in [0.5, 0.6) is 0 Å². The average Bonchev–Trinajstić information content (AvgIpc) is 1.98. The summed E-state index contributed by atoms with van der Waals surface area (Å²) in [6.45, 7) is 9.56. The highest BCUT2D eigenvalue weighted by Gasteiger charge is 1.93. The quantitative estimate of drug-likeness (QED) is 0.600. The number of rotatable bonds is 2. The van der Waals surface area contributed by atoms with Gasteiger partial charge in [-0.2, -0.15) is 0 Å². The van der Waals surface area contributed by atoms with Crippen LogP contribution in [0.15, 0.2) is 24.3 Å². The average molecular weight is 145 g/mol. The summed E-state index contributed by atoms with van der Waals surface area (Å²) in [5, 5.41) is 0. The standard InChI is InChI=1S/C11H13/c1-4-5-11-7-6-9(2)10(3)8-11/h1,4,6-8H,5H2,2-3H3. The molecule has 0 aliphatic heterocycles. The summed E-state index contributed by atoms with van der Waals surface area (Å²) in [7, 11) is 0. The third-order valence-corrected chi connectivity index (χ3v) is 1.92. The summed E-state index contributed by atoms with van der Waals surface area (Å²) in [5.74, 6) is 0. The second kappa shape index (κ2) is 3.38. The fraction of sp³-hybridized carbons (Fsp3) is 0.273. The van der Waals surface area contributed by atoms with E-state index in [1.54, 1.807) is 6.08 Å². The van der Waals surface area contributed by atoms with E-state index in [2.05, 4.69) is 32.0 Å². The van der Waals surface area contributed by atoms with Crippen molar-refractivity contribution in [1.82, 2.24) is 0 Å². The zero-order valence-electron chi connectivity index (χ0n) is 7.09. The van der Waals surface area contributed by atoms with Crippen molar-refractivity contribution in [3.05, 3.63) is 47.5 Å². The molecule has 0 amide bonds. The van der Waals surface area contributed by atoms with E-state index in [4.69, 9.17) is 6.58 Å². The summed E-state index contributed by atoms with van der Waals surface area (Å²) in [5.41, 5.74) is 3.96. The first kappa shape index (κ1) is 8.06. The van der Waals surface area contributed by atoms with Crippen molar-refractivity contribution < 1.29 is 0 Å². The largest absolute Gasteiger partial charge is 0.0801 e. The fourth-order valence-corrected chi connectivity index (χ4v) is 1.07. The Morgan fingerprint density at radius 3 is 2.55 bits per heavy atom. The van der Waals surface area contributed by atoms with E-state index in [1.807, 2.05) is 0 Å². The van der Waals surface area contributed by atoms with Gasteiger partial charge < -0.3 is 0 Å². The molecule has 0 heteroatoms. The van der Waals surface area contributed by atoms with E-state index in [0.29, 0.717) is 0 Å². The molecule has 1 rings (SSSR count). The molecule has 57 valence electrons. The second-order valence-corrected chi connectivity index (χ2v) is 2.86. The second-order valence-electron chi connectivity index (χ2n) is 2.86. The molecule has 0 saturated heterocycles. The number of hydrogen-bond donors (Lipinski definition) is 0. The Morgan fingerprint density at radius 1 is 1.27 bits per heavy atom. The lowest BCUT2D eigenvalue weighted by Crippen LogP contribution is -1.85.